The summed E-state index contributed by atoms with van der Waals surface area (Å²) in [6.45, 7) is 4.11. The van der Waals surface area contributed by atoms with E-state index < -0.39 is 0 Å². The second kappa shape index (κ2) is 7.41. The van der Waals surface area contributed by atoms with Gasteiger partial charge < -0.3 is 5.32 Å². The molecule has 0 fully saturated rings. The quantitative estimate of drug-likeness (QED) is 0.723. The first-order valence-corrected chi connectivity index (χ1v) is 8.93. The van der Waals surface area contributed by atoms with Crippen LogP contribution in [0, 0.1) is 6.92 Å². The van der Waals surface area contributed by atoms with Crippen LogP contribution in [0.4, 0.5) is 5.69 Å². The van der Waals surface area contributed by atoms with Crippen molar-refractivity contribution in [1.29, 1.82) is 0 Å². The number of nitrogens with one attached hydrogen (secondary N) is 1. The van der Waals surface area contributed by atoms with Gasteiger partial charge in [-0.25, -0.2) is 4.98 Å². The zero-order valence-corrected chi connectivity index (χ0v) is 14.7. The third kappa shape index (κ3) is 3.71. The molecule has 1 N–H and O–H groups in total. The highest BCUT2D eigenvalue weighted by molar-refractivity contribution is 7.13. The number of carbonyl (C=O) groups is 1. The van der Waals surface area contributed by atoms with E-state index in [0.717, 1.165) is 39.5 Å². The normalized spacial score (nSPS) is 10.6. The highest BCUT2D eigenvalue weighted by Crippen LogP contribution is 2.24. The summed E-state index contributed by atoms with van der Waals surface area (Å²) in [5.41, 5.74) is 5.07. The number of aryl methyl sites for hydroxylation is 2. The number of nitrogens with zero attached hydrogens (tertiary/aromatic N) is 1. The maximum absolute atomic E-state index is 12.4. The van der Waals surface area contributed by atoms with Crippen molar-refractivity contribution in [2.45, 2.75) is 26.7 Å². The zero-order chi connectivity index (χ0) is 16.9. The number of anilines is 1. The minimum Gasteiger partial charge on any atom is -0.325 e. The first kappa shape index (κ1) is 16.4. The first-order valence-electron chi connectivity index (χ1n) is 8.05. The molecule has 1 heterocycles. The number of hydrogen-bond acceptors (Lipinski definition) is 3. The summed E-state index contributed by atoms with van der Waals surface area (Å²) in [5.74, 6) is -0.0242. The standard InChI is InChI=1S/C20H20N2OS/c1-3-15-11-7-8-14(2)19(15)22-18(23)12-17-13-24-20(21-17)16-9-5-4-6-10-16/h4-11,13H,3,12H2,1-2H3,(H,22,23). The van der Waals surface area contributed by atoms with E-state index in [0.29, 0.717) is 6.42 Å². The van der Waals surface area contributed by atoms with Crippen molar-refractivity contribution in [1.82, 2.24) is 4.98 Å². The highest BCUT2D eigenvalue weighted by Gasteiger charge is 2.12. The molecule has 0 spiro atoms. The fourth-order valence-electron chi connectivity index (χ4n) is 2.65. The Bertz CT molecular complexity index is 840. The topological polar surface area (TPSA) is 42.0 Å². The van der Waals surface area contributed by atoms with Crippen molar-refractivity contribution in [3.63, 3.8) is 0 Å². The minimum atomic E-state index is -0.0242. The van der Waals surface area contributed by atoms with Crippen molar-refractivity contribution in [3.05, 3.63) is 70.7 Å². The molecule has 0 aliphatic carbocycles. The highest BCUT2D eigenvalue weighted by atomic mass is 32.1. The third-order valence-electron chi connectivity index (χ3n) is 3.92. The fraction of sp³-hybridized carbons (Fsp3) is 0.200. The Morgan fingerprint density at radius 2 is 1.92 bits per heavy atom. The van der Waals surface area contributed by atoms with Gasteiger partial charge in [0.1, 0.15) is 5.01 Å². The van der Waals surface area contributed by atoms with Crippen LogP contribution >= 0.6 is 11.3 Å². The molecule has 3 aromatic rings. The SMILES string of the molecule is CCc1cccc(C)c1NC(=O)Cc1csc(-c2ccccc2)n1. The molecule has 2 aromatic carbocycles. The van der Waals surface area contributed by atoms with Gasteiger partial charge in [-0.05, 0) is 24.5 Å². The van der Waals surface area contributed by atoms with Crippen molar-refractivity contribution in [2.75, 3.05) is 5.32 Å². The maximum Gasteiger partial charge on any atom is 0.230 e. The van der Waals surface area contributed by atoms with E-state index in [-0.39, 0.29) is 5.91 Å². The van der Waals surface area contributed by atoms with Crippen LogP contribution in [0.15, 0.2) is 53.9 Å². The second-order valence-electron chi connectivity index (χ2n) is 5.70. The van der Waals surface area contributed by atoms with E-state index in [2.05, 4.69) is 23.3 Å². The van der Waals surface area contributed by atoms with E-state index in [1.165, 1.54) is 0 Å². The molecule has 0 radical (unpaired) electrons. The number of thiazole rings is 1. The largest absolute Gasteiger partial charge is 0.325 e. The fourth-order valence-corrected chi connectivity index (χ4v) is 3.48. The summed E-state index contributed by atoms with van der Waals surface area (Å²) < 4.78 is 0. The molecule has 24 heavy (non-hydrogen) atoms. The van der Waals surface area contributed by atoms with E-state index in [9.17, 15) is 4.79 Å². The first-order chi connectivity index (χ1) is 11.7. The molecule has 1 amide bonds. The molecule has 0 atom stereocenters. The molecule has 0 bridgehead atoms. The van der Waals surface area contributed by atoms with Gasteiger partial charge in [0.25, 0.3) is 0 Å². The smallest absolute Gasteiger partial charge is 0.230 e. The Morgan fingerprint density at radius 1 is 1.12 bits per heavy atom. The van der Waals surface area contributed by atoms with Gasteiger partial charge in [0.05, 0.1) is 12.1 Å². The molecule has 122 valence electrons. The predicted octanol–water partition coefficient (Wildman–Crippen LogP) is 4.86. The number of para-hydroxylation sites is 1. The summed E-state index contributed by atoms with van der Waals surface area (Å²) in [6, 6.07) is 16.1. The molecule has 4 heteroatoms. The van der Waals surface area contributed by atoms with Gasteiger partial charge >= 0.3 is 0 Å². The number of carbonyl (C=O) groups excluding carboxylic acids is 1. The van der Waals surface area contributed by atoms with E-state index in [4.69, 9.17) is 0 Å². The molecule has 3 nitrogen and oxygen atoms in total. The molecule has 0 aliphatic rings. The summed E-state index contributed by atoms with van der Waals surface area (Å²) in [7, 11) is 0. The zero-order valence-electron chi connectivity index (χ0n) is 13.9. The van der Waals surface area contributed by atoms with Crippen LogP contribution in [-0.4, -0.2) is 10.9 Å². The lowest BCUT2D eigenvalue weighted by atomic mass is 10.1. The van der Waals surface area contributed by atoms with Crippen LogP contribution in [0.1, 0.15) is 23.7 Å². The lowest BCUT2D eigenvalue weighted by Crippen LogP contribution is -2.16. The number of aromatic nitrogens is 1. The number of rotatable bonds is 5. The van der Waals surface area contributed by atoms with Crippen LogP contribution in [0.25, 0.3) is 10.6 Å². The molecule has 3 rings (SSSR count). The van der Waals surface area contributed by atoms with Gasteiger partial charge in [-0.1, -0.05) is 55.5 Å². The van der Waals surface area contributed by atoms with E-state index in [1.807, 2.05) is 54.8 Å². The van der Waals surface area contributed by atoms with Gasteiger partial charge in [0.2, 0.25) is 5.91 Å². The van der Waals surface area contributed by atoms with Crippen molar-refractivity contribution in [2.24, 2.45) is 0 Å². The predicted molar refractivity (Wildman–Crippen MR) is 100 cm³/mol. The lowest BCUT2D eigenvalue weighted by molar-refractivity contribution is -0.115. The third-order valence-corrected chi connectivity index (χ3v) is 4.86. The average Bonchev–Trinajstić information content (AvgIpc) is 3.06. The van der Waals surface area contributed by atoms with E-state index in [1.54, 1.807) is 11.3 Å². The molecule has 0 saturated carbocycles. The average molecular weight is 336 g/mol. The Kier molecular flexibility index (Phi) is 5.06. The van der Waals surface area contributed by atoms with Crippen molar-refractivity contribution in [3.8, 4) is 10.6 Å². The minimum absolute atomic E-state index is 0.0242. The van der Waals surface area contributed by atoms with E-state index >= 15 is 0 Å². The van der Waals surface area contributed by atoms with Crippen LogP contribution in [0.5, 0.6) is 0 Å². The van der Waals surface area contributed by atoms with Gasteiger partial charge in [-0.15, -0.1) is 11.3 Å². The van der Waals surface area contributed by atoms with Gasteiger partial charge in [-0.3, -0.25) is 4.79 Å². The van der Waals surface area contributed by atoms with Crippen LogP contribution in [0.2, 0.25) is 0 Å². The maximum atomic E-state index is 12.4. The number of hydrogen-bond donors (Lipinski definition) is 1. The molecule has 0 saturated heterocycles. The molecular formula is C20H20N2OS. The molecule has 1 aromatic heterocycles. The molecule has 0 aliphatic heterocycles. The summed E-state index contributed by atoms with van der Waals surface area (Å²) in [6.07, 6.45) is 1.19. The van der Waals surface area contributed by atoms with Gasteiger partial charge in [-0.2, -0.15) is 0 Å². The molecule has 0 unspecified atom stereocenters. The van der Waals surface area contributed by atoms with Crippen molar-refractivity contribution >= 4 is 22.9 Å². The van der Waals surface area contributed by atoms with Crippen molar-refractivity contribution < 1.29 is 4.79 Å². The monoisotopic (exact) mass is 336 g/mol. The molecular weight excluding hydrogens is 316 g/mol. The Morgan fingerprint density at radius 3 is 2.67 bits per heavy atom. The number of amides is 1. The van der Waals surface area contributed by atoms with Crippen LogP contribution in [0.3, 0.4) is 0 Å². The lowest BCUT2D eigenvalue weighted by Gasteiger charge is -2.12. The van der Waals surface area contributed by atoms with Crippen LogP contribution < -0.4 is 5.32 Å². The summed E-state index contributed by atoms with van der Waals surface area (Å²) in [4.78, 5) is 17.0. The summed E-state index contributed by atoms with van der Waals surface area (Å²) >= 11 is 1.57. The van der Waals surface area contributed by atoms with Gasteiger partial charge in [0.15, 0.2) is 0 Å². The Hall–Kier alpha value is -2.46. The Labute approximate surface area is 146 Å². The summed E-state index contributed by atoms with van der Waals surface area (Å²) in [5, 5.41) is 5.96. The van der Waals surface area contributed by atoms with Crippen LogP contribution in [-0.2, 0) is 17.6 Å². The Balaban J connectivity index is 1.71. The number of benzene rings is 2. The van der Waals surface area contributed by atoms with Gasteiger partial charge in [0, 0.05) is 16.6 Å². The second-order valence-corrected chi connectivity index (χ2v) is 6.56.